The Labute approximate surface area is 155 Å². The second kappa shape index (κ2) is 7.95. The first-order chi connectivity index (χ1) is 12.5. The van der Waals surface area contributed by atoms with E-state index < -0.39 is 11.6 Å². The van der Waals surface area contributed by atoms with Crippen LogP contribution in [0, 0.1) is 11.6 Å². The van der Waals surface area contributed by atoms with Crippen LogP contribution in [0.4, 0.5) is 8.78 Å². The molecular formula is C19H19F2NO3S. The van der Waals surface area contributed by atoms with Gasteiger partial charge >= 0.3 is 0 Å². The van der Waals surface area contributed by atoms with Crippen LogP contribution in [0.2, 0.25) is 0 Å². The van der Waals surface area contributed by atoms with Gasteiger partial charge in [0.1, 0.15) is 28.5 Å². The molecular weight excluding hydrogens is 360 g/mol. The van der Waals surface area contributed by atoms with E-state index in [1.807, 2.05) is 6.07 Å². The van der Waals surface area contributed by atoms with E-state index in [0.717, 1.165) is 23.4 Å². The highest BCUT2D eigenvalue weighted by molar-refractivity contribution is 7.99. The van der Waals surface area contributed by atoms with E-state index in [1.165, 1.54) is 6.07 Å². The standard InChI is InChI=1S/C19H19F2NO3S/c1-24-14-5-6-17(25-2)15(11-14)19-22(7-8-26-19)18(23)9-12-3-4-13(20)10-16(12)21/h3-6,10-11,19H,7-9H2,1-2H3. The van der Waals surface area contributed by atoms with Gasteiger partial charge in [-0.1, -0.05) is 6.07 Å². The van der Waals surface area contributed by atoms with Gasteiger partial charge in [-0.05, 0) is 29.8 Å². The number of hydrogen-bond donors (Lipinski definition) is 0. The average molecular weight is 379 g/mol. The summed E-state index contributed by atoms with van der Waals surface area (Å²) in [6, 6.07) is 8.71. The molecule has 0 radical (unpaired) electrons. The molecule has 0 saturated carbocycles. The predicted octanol–water partition coefficient (Wildman–Crippen LogP) is 3.80. The van der Waals surface area contributed by atoms with Crippen LogP contribution in [-0.2, 0) is 11.2 Å². The third kappa shape index (κ3) is 3.77. The highest BCUT2D eigenvalue weighted by Gasteiger charge is 2.33. The molecule has 3 rings (SSSR count). The van der Waals surface area contributed by atoms with E-state index in [9.17, 15) is 13.6 Å². The summed E-state index contributed by atoms with van der Waals surface area (Å²) in [5, 5.41) is -0.240. The first-order valence-electron chi connectivity index (χ1n) is 8.10. The van der Waals surface area contributed by atoms with Crippen LogP contribution in [0.5, 0.6) is 11.5 Å². The van der Waals surface area contributed by atoms with Crippen molar-refractivity contribution in [2.45, 2.75) is 11.8 Å². The van der Waals surface area contributed by atoms with Crippen molar-refractivity contribution >= 4 is 17.7 Å². The summed E-state index contributed by atoms with van der Waals surface area (Å²) in [4.78, 5) is 14.5. The third-order valence-electron chi connectivity index (χ3n) is 4.27. The third-order valence-corrected chi connectivity index (χ3v) is 5.51. The van der Waals surface area contributed by atoms with E-state index in [0.29, 0.717) is 18.0 Å². The Morgan fingerprint density at radius 2 is 2.00 bits per heavy atom. The number of amides is 1. The Bertz CT molecular complexity index is 815. The maximum absolute atomic E-state index is 13.9. The Hall–Kier alpha value is -2.28. The maximum atomic E-state index is 13.9. The number of halogens is 2. The molecule has 1 aliphatic rings. The van der Waals surface area contributed by atoms with Gasteiger partial charge in [-0.2, -0.15) is 0 Å². The van der Waals surface area contributed by atoms with Crippen molar-refractivity contribution in [3.63, 3.8) is 0 Å². The molecule has 0 aliphatic carbocycles. The number of thioether (sulfide) groups is 1. The molecule has 0 N–H and O–H groups in total. The van der Waals surface area contributed by atoms with Gasteiger partial charge in [0.2, 0.25) is 5.91 Å². The second-order valence-electron chi connectivity index (χ2n) is 5.83. The molecule has 1 amide bonds. The molecule has 1 unspecified atom stereocenters. The fourth-order valence-electron chi connectivity index (χ4n) is 2.94. The summed E-state index contributed by atoms with van der Waals surface area (Å²) in [6.07, 6.45) is -0.116. The van der Waals surface area contributed by atoms with Crippen LogP contribution >= 0.6 is 11.8 Å². The first kappa shape index (κ1) is 18.5. The fraction of sp³-hybridized carbons (Fsp3) is 0.316. The molecule has 0 aromatic heterocycles. The number of carbonyl (C=O) groups excluding carboxylic acids is 1. The van der Waals surface area contributed by atoms with Crippen molar-refractivity contribution in [3.8, 4) is 11.5 Å². The molecule has 0 bridgehead atoms. The molecule has 26 heavy (non-hydrogen) atoms. The minimum Gasteiger partial charge on any atom is -0.497 e. The summed E-state index contributed by atoms with van der Waals surface area (Å²) in [5.41, 5.74) is 1.02. The zero-order chi connectivity index (χ0) is 18.7. The highest BCUT2D eigenvalue weighted by atomic mass is 32.2. The van der Waals surface area contributed by atoms with Crippen LogP contribution in [0.25, 0.3) is 0 Å². The van der Waals surface area contributed by atoms with Gasteiger partial charge in [0.25, 0.3) is 0 Å². The first-order valence-corrected chi connectivity index (χ1v) is 9.15. The average Bonchev–Trinajstić information content (AvgIpc) is 3.13. The van der Waals surface area contributed by atoms with E-state index in [1.54, 1.807) is 43.0 Å². The number of carbonyl (C=O) groups is 1. The van der Waals surface area contributed by atoms with Crippen molar-refractivity contribution in [3.05, 3.63) is 59.2 Å². The molecule has 4 nitrogen and oxygen atoms in total. The van der Waals surface area contributed by atoms with Crippen LogP contribution in [0.15, 0.2) is 36.4 Å². The predicted molar refractivity (Wildman–Crippen MR) is 96.5 cm³/mol. The Kier molecular flexibility index (Phi) is 5.66. The normalized spacial score (nSPS) is 16.6. The van der Waals surface area contributed by atoms with Crippen molar-refractivity contribution in [1.29, 1.82) is 0 Å². The molecule has 1 saturated heterocycles. The lowest BCUT2D eigenvalue weighted by molar-refractivity contribution is -0.130. The van der Waals surface area contributed by atoms with Crippen molar-refractivity contribution < 1.29 is 23.0 Å². The molecule has 1 heterocycles. The van der Waals surface area contributed by atoms with Crippen molar-refractivity contribution in [2.75, 3.05) is 26.5 Å². The van der Waals surface area contributed by atoms with E-state index >= 15 is 0 Å². The number of rotatable bonds is 5. The van der Waals surface area contributed by atoms with Crippen LogP contribution in [0.1, 0.15) is 16.5 Å². The SMILES string of the molecule is COc1ccc(OC)c(C2SCCN2C(=O)Cc2ccc(F)cc2F)c1. The number of methoxy groups -OCH3 is 2. The van der Waals surface area contributed by atoms with E-state index in [-0.39, 0.29) is 23.3 Å². The zero-order valence-electron chi connectivity index (χ0n) is 14.5. The summed E-state index contributed by atoms with van der Waals surface area (Å²) >= 11 is 1.61. The summed E-state index contributed by atoms with van der Waals surface area (Å²) in [6.45, 7) is 0.553. The largest absolute Gasteiger partial charge is 0.497 e. The second-order valence-corrected chi connectivity index (χ2v) is 7.02. The molecule has 1 aliphatic heterocycles. The molecule has 1 fully saturated rings. The van der Waals surface area contributed by atoms with Crippen LogP contribution in [0.3, 0.4) is 0 Å². The Balaban J connectivity index is 1.85. The lowest BCUT2D eigenvalue weighted by Gasteiger charge is -2.26. The molecule has 0 spiro atoms. The fourth-order valence-corrected chi connectivity index (χ4v) is 4.24. The summed E-state index contributed by atoms with van der Waals surface area (Å²) in [5.74, 6) is 0.523. The number of hydrogen-bond acceptors (Lipinski definition) is 4. The highest BCUT2D eigenvalue weighted by Crippen LogP contribution is 2.43. The minimum atomic E-state index is -0.708. The lowest BCUT2D eigenvalue weighted by Crippen LogP contribution is -2.32. The number of nitrogens with zero attached hydrogens (tertiary/aromatic N) is 1. The summed E-state index contributed by atoms with van der Waals surface area (Å²) < 4.78 is 37.6. The van der Waals surface area contributed by atoms with Gasteiger partial charge in [-0.25, -0.2) is 8.78 Å². The van der Waals surface area contributed by atoms with Crippen LogP contribution < -0.4 is 9.47 Å². The van der Waals surface area contributed by atoms with Crippen molar-refractivity contribution in [1.82, 2.24) is 4.90 Å². The molecule has 2 aromatic carbocycles. The zero-order valence-corrected chi connectivity index (χ0v) is 15.3. The van der Waals surface area contributed by atoms with Gasteiger partial charge in [-0.3, -0.25) is 4.79 Å². The molecule has 138 valence electrons. The van der Waals surface area contributed by atoms with E-state index in [2.05, 4.69) is 0 Å². The van der Waals surface area contributed by atoms with Gasteiger partial charge in [-0.15, -0.1) is 11.8 Å². The van der Waals surface area contributed by atoms with E-state index in [4.69, 9.17) is 9.47 Å². The number of ether oxygens (including phenoxy) is 2. The van der Waals surface area contributed by atoms with Gasteiger partial charge in [0.15, 0.2) is 0 Å². The number of benzene rings is 2. The Morgan fingerprint density at radius 1 is 1.19 bits per heavy atom. The minimum absolute atomic E-state index is 0.116. The monoisotopic (exact) mass is 379 g/mol. The smallest absolute Gasteiger partial charge is 0.228 e. The van der Waals surface area contributed by atoms with Gasteiger partial charge in [0.05, 0.1) is 20.6 Å². The van der Waals surface area contributed by atoms with Gasteiger partial charge < -0.3 is 14.4 Å². The Morgan fingerprint density at radius 3 is 2.69 bits per heavy atom. The topological polar surface area (TPSA) is 38.8 Å². The van der Waals surface area contributed by atoms with Crippen LogP contribution in [-0.4, -0.2) is 37.3 Å². The molecule has 7 heteroatoms. The maximum Gasteiger partial charge on any atom is 0.228 e. The lowest BCUT2D eigenvalue weighted by atomic mass is 10.1. The quantitative estimate of drug-likeness (QED) is 0.792. The van der Waals surface area contributed by atoms with Crippen molar-refractivity contribution in [2.24, 2.45) is 0 Å². The van der Waals surface area contributed by atoms with Gasteiger partial charge in [0, 0.05) is 23.9 Å². The molecule has 1 atom stereocenters. The summed E-state index contributed by atoms with van der Waals surface area (Å²) in [7, 11) is 3.15. The molecule has 2 aromatic rings.